The molecule has 1 aliphatic rings. The number of fused-ring (bicyclic) bond motifs is 1. The molecule has 0 saturated heterocycles. The number of aromatic carboxylic acids is 1. The van der Waals surface area contributed by atoms with Crippen molar-refractivity contribution in [2.75, 3.05) is 20.6 Å². The molecule has 16 heavy (non-hydrogen) atoms. The average Bonchev–Trinajstić information content (AvgIpc) is 2.45. The maximum Gasteiger partial charge on any atom is 1.00 e. The summed E-state index contributed by atoms with van der Waals surface area (Å²) in [6, 6.07) is 0. The van der Waals surface area contributed by atoms with E-state index in [1.165, 1.54) is 11.3 Å². The van der Waals surface area contributed by atoms with Crippen molar-refractivity contribution in [3.05, 3.63) is 15.6 Å². The molecule has 0 spiro atoms. The van der Waals surface area contributed by atoms with E-state index in [1.54, 1.807) is 0 Å². The van der Waals surface area contributed by atoms with E-state index in [0.29, 0.717) is 0 Å². The zero-order valence-corrected chi connectivity index (χ0v) is 12.6. The topological polar surface area (TPSA) is 53.0 Å². The number of nitrogens with zero attached hydrogens (tertiary/aromatic N) is 2. The predicted molar refractivity (Wildman–Crippen MR) is 50.8 cm³/mol. The number of carbonyl (C=O) groups is 1. The molecular weight excluding hydrogens is 334 g/mol. The second-order valence-corrected chi connectivity index (χ2v) is 5.33. The molecule has 2 heterocycles. The first-order valence-corrected chi connectivity index (χ1v) is 5.31. The molecule has 0 fully saturated rings. The van der Waals surface area contributed by atoms with Crippen molar-refractivity contribution in [1.29, 1.82) is 0 Å². The first kappa shape index (κ1) is 16.4. The van der Waals surface area contributed by atoms with E-state index >= 15 is 0 Å². The van der Waals surface area contributed by atoms with E-state index in [2.05, 4.69) is 19.1 Å². The van der Waals surface area contributed by atoms with Gasteiger partial charge in [0.1, 0.15) is 17.5 Å². The molecule has 2 rings (SSSR count). The van der Waals surface area contributed by atoms with Gasteiger partial charge in [0, 0.05) is 6.42 Å². The van der Waals surface area contributed by atoms with Gasteiger partial charge in [0.15, 0.2) is 0 Å². The molecule has 4 nitrogen and oxygen atoms in total. The number of quaternary nitrogens is 1. The van der Waals surface area contributed by atoms with Crippen LogP contribution in [0.25, 0.3) is 0 Å². The number of hydrogen-bond acceptors (Lipinski definition) is 4. The molecule has 7 heteroatoms. The van der Waals surface area contributed by atoms with Gasteiger partial charge in [-0.1, -0.05) is 0 Å². The first-order valence-electron chi connectivity index (χ1n) is 4.50. The molecule has 0 bridgehead atoms. The van der Waals surface area contributed by atoms with E-state index in [1.807, 2.05) is 0 Å². The van der Waals surface area contributed by atoms with Gasteiger partial charge in [-0.3, -0.25) is 0 Å². The van der Waals surface area contributed by atoms with Crippen LogP contribution >= 0.6 is 11.3 Å². The Bertz CT molecular complexity index is 395. The summed E-state index contributed by atoms with van der Waals surface area (Å²) in [4.78, 5) is 15.8. The Hall–Kier alpha value is 0.387. The third-order valence-corrected chi connectivity index (χ3v) is 3.54. The summed E-state index contributed by atoms with van der Waals surface area (Å²) in [5.41, 5.74) is 0.951. The van der Waals surface area contributed by atoms with Gasteiger partial charge in [-0.2, -0.15) is 0 Å². The second-order valence-electron chi connectivity index (χ2n) is 4.24. The molecule has 1 aliphatic heterocycles. The van der Waals surface area contributed by atoms with E-state index in [9.17, 15) is 9.90 Å². The molecular formula is C9H12ILiN2O2S. The van der Waals surface area contributed by atoms with Crippen LogP contribution in [0.5, 0.6) is 0 Å². The molecule has 84 valence electrons. The fourth-order valence-electron chi connectivity index (χ4n) is 1.67. The Kier molecular flexibility index (Phi) is 5.96. The Labute approximate surface area is 128 Å². The summed E-state index contributed by atoms with van der Waals surface area (Å²) in [5, 5.41) is 10.7. The summed E-state index contributed by atoms with van der Waals surface area (Å²) in [6.07, 6.45) is 0.867. The summed E-state index contributed by atoms with van der Waals surface area (Å²) >= 11 is 1.26. The van der Waals surface area contributed by atoms with Crippen LogP contribution in [0.3, 0.4) is 0 Å². The maximum atomic E-state index is 10.6. The minimum Gasteiger partial charge on any atom is -1.00 e. The first-order chi connectivity index (χ1) is 6.48. The van der Waals surface area contributed by atoms with Gasteiger partial charge in [0.05, 0.1) is 31.2 Å². The average molecular weight is 346 g/mol. The number of carboxylic acids is 1. The van der Waals surface area contributed by atoms with E-state index in [4.69, 9.17) is 0 Å². The molecule has 0 amide bonds. The fraction of sp³-hybridized carbons (Fsp3) is 0.556. The number of likely N-dealkylation sites (N-methyl/N-ethyl adjacent to an activating group) is 1. The standard InChI is InChI=1S/C9H12N2O2S.HI.Li/c1-11(2)4-3-6-7(5-11)14-8(10-6)9(12)13;;/h3-5H2,1-2H3;1H;/q;;+1/p-1. The third kappa shape index (κ3) is 3.44. The number of halogens is 1. The minimum absolute atomic E-state index is 0. The van der Waals surface area contributed by atoms with Crippen LogP contribution in [0.1, 0.15) is 20.4 Å². The number of rotatable bonds is 1. The van der Waals surface area contributed by atoms with Gasteiger partial charge < -0.3 is 38.4 Å². The van der Waals surface area contributed by atoms with Crippen LogP contribution in [-0.2, 0) is 13.0 Å². The van der Waals surface area contributed by atoms with Crippen LogP contribution in [0.15, 0.2) is 0 Å². The van der Waals surface area contributed by atoms with E-state index in [-0.39, 0.29) is 47.8 Å². The van der Waals surface area contributed by atoms with Crippen molar-refractivity contribution >= 4 is 17.3 Å². The van der Waals surface area contributed by atoms with Crippen LogP contribution in [0.4, 0.5) is 0 Å². The largest absolute Gasteiger partial charge is 1.00 e. The Balaban J connectivity index is 0.00000112. The molecule has 0 radical (unpaired) electrons. The molecule has 0 atom stereocenters. The van der Waals surface area contributed by atoms with Crippen LogP contribution in [0.2, 0.25) is 0 Å². The molecule has 0 unspecified atom stereocenters. The molecule has 0 saturated carbocycles. The quantitative estimate of drug-likeness (QED) is 0.289. The number of carbonyl (C=O) groups excluding carboxylic acids is 1. The third-order valence-electron chi connectivity index (χ3n) is 2.48. The normalized spacial score (nSPS) is 16.6. The van der Waals surface area contributed by atoms with Crippen molar-refractivity contribution in [3.8, 4) is 0 Å². The van der Waals surface area contributed by atoms with Crippen LogP contribution in [0, 0.1) is 0 Å². The number of aromatic nitrogens is 1. The smallest absolute Gasteiger partial charge is 1.00 e. The zero-order valence-electron chi connectivity index (χ0n) is 9.62. The van der Waals surface area contributed by atoms with Gasteiger partial charge >= 0.3 is 18.9 Å². The second kappa shape index (κ2) is 5.82. The van der Waals surface area contributed by atoms with Crippen molar-refractivity contribution in [2.24, 2.45) is 0 Å². The van der Waals surface area contributed by atoms with E-state index < -0.39 is 5.97 Å². The number of carboxylic acid groups (broad SMARTS) is 1. The van der Waals surface area contributed by atoms with Gasteiger partial charge in [-0.15, -0.1) is 11.3 Å². The summed E-state index contributed by atoms with van der Waals surface area (Å²) in [7, 11) is 4.28. The van der Waals surface area contributed by atoms with Crippen molar-refractivity contribution < 1.29 is 57.2 Å². The predicted octanol–water partition coefficient (Wildman–Crippen LogP) is -6.35. The SMILES string of the molecule is C[N+]1(C)CCc2nc(C(=O)[O-])sc2C1.[I-].[Li+]. The van der Waals surface area contributed by atoms with Crippen molar-refractivity contribution in [3.63, 3.8) is 0 Å². The van der Waals surface area contributed by atoms with Crippen molar-refractivity contribution in [2.45, 2.75) is 13.0 Å². The summed E-state index contributed by atoms with van der Waals surface area (Å²) < 4.78 is 0.904. The fourth-order valence-corrected chi connectivity index (χ4v) is 2.82. The Morgan fingerprint density at radius 3 is 2.69 bits per heavy atom. The molecule has 0 N–H and O–H groups in total. The van der Waals surface area contributed by atoms with Gasteiger partial charge in [-0.25, -0.2) is 4.98 Å². The molecule has 0 aliphatic carbocycles. The van der Waals surface area contributed by atoms with Crippen molar-refractivity contribution in [1.82, 2.24) is 4.98 Å². The molecule has 1 aromatic rings. The van der Waals surface area contributed by atoms with Gasteiger partial charge in [0.25, 0.3) is 0 Å². The molecule has 0 aromatic carbocycles. The maximum absolute atomic E-state index is 10.6. The summed E-state index contributed by atoms with van der Waals surface area (Å²) in [6.45, 7) is 1.89. The van der Waals surface area contributed by atoms with Gasteiger partial charge in [-0.05, 0) is 0 Å². The monoisotopic (exact) mass is 346 g/mol. The minimum atomic E-state index is -1.16. The Morgan fingerprint density at radius 2 is 2.12 bits per heavy atom. The number of hydrogen-bond donors (Lipinski definition) is 0. The van der Waals surface area contributed by atoms with Crippen LogP contribution in [-0.4, -0.2) is 36.1 Å². The zero-order chi connectivity index (χ0) is 10.3. The molecule has 1 aromatic heterocycles. The van der Waals surface area contributed by atoms with E-state index in [0.717, 1.165) is 34.6 Å². The Morgan fingerprint density at radius 1 is 1.50 bits per heavy atom. The van der Waals surface area contributed by atoms with Gasteiger partial charge in [0.2, 0.25) is 0 Å². The summed E-state index contributed by atoms with van der Waals surface area (Å²) in [5.74, 6) is -1.16. The number of thiazole rings is 1. The van der Waals surface area contributed by atoms with Crippen LogP contribution < -0.4 is 47.9 Å².